The summed E-state index contributed by atoms with van der Waals surface area (Å²) in [4.78, 5) is 0.314. The highest BCUT2D eigenvalue weighted by molar-refractivity contribution is 7.92. The third kappa shape index (κ3) is 5.24. The standard InChI is InChI=1S/C31H30N2O7S2/c1-38-31-22-33(42(36,37)26-15-9-4-10-16-26)18-17-28(31)27-19-24(32-41(34,35)25-13-7-3-8-14-25)20-29(30(27)40-31)39-21-23-11-5-2-6-12-23/h2-16,19-20,28,32H,17-18,21-22H2,1H3. The Hall–Kier alpha value is -3.90. The number of hydrogen-bond acceptors (Lipinski definition) is 7. The van der Waals surface area contributed by atoms with Crippen molar-refractivity contribution >= 4 is 25.7 Å². The van der Waals surface area contributed by atoms with E-state index in [4.69, 9.17) is 14.2 Å². The van der Waals surface area contributed by atoms with Crippen LogP contribution < -0.4 is 14.2 Å². The van der Waals surface area contributed by atoms with Crippen molar-refractivity contribution in [3.8, 4) is 11.5 Å². The molecule has 0 saturated carbocycles. The fourth-order valence-electron chi connectivity index (χ4n) is 5.50. The molecule has 2 atom stereocenters. The molecule has 0 amide bonds. The van der Waals surface area contributed by atoms with Crippen molar-refractivity contribution in [2.24, 2.45) is 0 Å². The van der Waals surface area contributed by atoms with Gasteiger partial charge in [-0.1, -0.05) is 66.7 Å². The second kappa shape index (κ2) is 11.1. The molecular formula is C31H30N2O7S2. The molecule has 2 aliphatic heterocycles. The van der Waals surface area contributed by atoms with Crippen LogP contribution in [0.5, 0.6) is 11.5 Å². The van der Waals surface area contributed by atoms with E-state index in [0.717, 1.165) is 5.56 Å². The molecule has 0 bridgehead atoms. The SMILES string of the molecule is COC12CN(S(=O)(=O)c3ccccc3)CCC1c1cc(NS(=O)(=O)c3ccccc3)cc(OCc3ccccc3)c1O2. The Morgan fingerprint density at radius 2 is 1.50 bits per heavy atom. The first-order chi connectivity index (χ1) is 20.2. The highest BCUT2D eigenvalue weighted by Gasteiger charge is 2.55. The number of piperidine rings is 1. The van der Waals surface area contributed by atoms with Gasteiger partial charge in [0.2, 0.25) is 15.8 Å². The maximum atomic E-state index is 13.5. The van der Waals surface area contributed by atoms with Gasteiger partial charge in [0.1, 0.15) is 6.61 Å². The molecule has 0 radical (unpaired) electrons. The van der Waals surface area contributed by atoms with Crippen LogP contribution in [0, 0.1) is 0 Å². The average Bonchev–Trinajstić information content (AvgIpc) is 3.35. The van der Waals surface area contributed by atoms with Crippen molar-refractivity contribution in [2.75, 3.05) is 24.9 Å². The van der Waals surface area contributed by atoms with E-state index in [0.29, 0.717) is 29.2 Å². The largest absolute Gasteiger partial charge is 0.485 e. The molecule has 11 heteroatoms. The monoisotopic (exact) mass is 606 g/mol. The van der Waals surface area contributed by atoms with Gasteiger partial charge in [-0.2, -0.15) is 4.31 Å². The molecule has 42 heavy (non-hydrogen) atoms. The van der Waals surface area contributed by atoms with Gasteiger partial charge >= 0.3 is 0 Å². The number of hydrogen-bond donors (Lipinski definition) is 1. The predicted molar refractivity (Wildman–Crippen MR) is 157 cm³/mol. The molecule has 4 aromatic rings. The van der Waals surface area contributed by atoms with Crippen LogP contribution in [0.15, 0.2) is 113 Å². The minimum Gasteiger partial charge on any atom is -0.485 e. The molecule has 1 N–H and O–H groups in total. The number of nitrogens with zero attached hydrogens (tertiary/aromatic N) is 1. The Kier molecular flexibility index (Phi) is 7.44. The Bertz CT molecular complexity index is 1790. The maximum absolute atomic E-state index is 13.5. The van der Waals surface area contributed by atoms with Gasteiger partial charge in [0.25, 0.3) is 10.0 Å². The third-order valence-electron chi connectivity index (χ3n) is 7.60. The van der Waals surface area contributed by atoms with Crippen molar-refractivity contribution in [2.45, 2.75) is 34.5 Å². The lowest BCUT2D eigenvalue weighted by atomic mass is 9.86. The number of ether oxygens (including phenoxy) is 3. The van der Waals surface area contributed by atoms with Crippen LogP contribution in [0.25, 0.3) is 0 Å². The van der Waals surface area contributed by atoms with E-state index in [1.165, 1.54) is 23.5 Å². The summed E-state index contributed by atoms with van der Waals surface area (Å²) in [6.45, 7) is 0.393. The van der Waals surface area contributed by atoms with Gasteiger partial charge in [-0.25, -0.2) is 16.8 Å². The molecule has 0 aliphatic carbocycles. The highest BCUT2D eigenvalue weighted by Crippen LogP contribution is 2.54. The molecule has 6 rings (SSSR count). The first-order valence-corrected chi connectivity index (χ1v) is 16.4. The minimum absolute atomic E-state index is 0.0523. The van der Waals surface area contributed by atoms with Gasteiger partial charge in [-0.05, 0) is 42.3 Å². The lowest BCUT2D eigenvalue weighted by Gasteiger charge is -2.41. The van der Waals surface area contributed by atoms with Crippen molar-refractivity contribution in [3.63, 3.8) is 0 Å². The van der Waals surface area contributed by atoms with Crippen LogP contribution in [0.4, 0.5) is 5.69 Å². The zero-order valence-corrected chi connectivity index (χ0v) is 24.5. The summed E-state index contributed by atoms with van der Waals surface area (Å²) in [7, 11) is -6.21. The van der Waals surface area contributed by atoms with Gasteiger partial charge in [-0.15, -0.1) is 0 Å². The number of anilines is 1. The fourth-order valence-corrected chi connectivity index (χ4v) is 8.06. The van der Waals surface area contributed by atoms with Gasteiger partial charge in [-0.3, -0.25) is 4.72 Å². The molecule has 4 aromatic carbocycles. The van der Waals surface area contributed by atoms with Crippen molar-refractivity contribution in [1.29, 1.82) is 0 Å². The topological polar surface area (TPSA) is 111 Å². The van der Waals surface area contributed by atoms with Crippen LogP contribution in [0.2, 0.25) is 0 Å². The van der Waals surface area contributed by atoms with Gasteiger partial charge in [0, 0.05) is 25.3 Å². The van der Waals surface area contributed by atoms with Gasteiger partial charge in [0.15, 0.2) is 11.5 Å². The molecule has 2 aliphatic rings. The quantitative estimate of drug-likeness (QED) is 0.286. The van der Waals surface area contributed by atoms with Crippen LogP contribution in [0.3, 0.4) is 0 Å². The maximum Gasteiger partial charge on any atom is 0.261 e. The van der Waals surface area contributed by atoms with Crippen molar-refractivity contribution in [1.82, 2.24) is 4.31 Å². The first-order valence-electron chi connectivity index (χ1n) is 13.4. The molecule has 1 fully saturated rings. The van der Waals surface area contributed by atoms with E-state index >= 15 is 0 Å². The fraction of sp³-hybridized carbons (Fsp3) is 0.226. The van der Waals surface area contributed by atoms with Crippen LogP contribution in [0.1, 0.15) is 23.5 Å². The second-order valence-corrected chi connectivity index (χ2v) is 13.8. The number of fused-ring (bicyclic) bond motifs is 3. The summed E-state index contributed by atoms with van der Waals surface area (Å²) in [6.07, 6.45) is 0.389. The lowest BCUT2D eigenvalue weighted by molar-refractivity contribution is -0.184. The Labute approximate surface area is 245 Å². The summed E-state index contributed by atoms with van der Waals surface area (Å²) in [5.74, 6) is -0.977. The molecule has 9 nitrogen and oxygen atoms in total. The van der Waals surface area contributed by atoms with Crippen molar-refractivity contribution < 1.29 is 31.0 Å². The molecule has 2 heterocycles. The highest BCUT2D eigenvalue weighted by atomic mass is 32.2. The zero-order valence-electron chi connectivity index (χ0n) is 22.8. The summed E-state index contributed by atoms with van der Waals surface area (Å²) in [6, 6.07) is 29.2. The summed E-state index contributed by atoms with van der Waals surface area (Å²) in [5, 5.41) is 0. The Balaban J connectivity index is 1.37. The molecule has 218 valence electrons. The molecule has 2 unspecified atom stereocenters. The predicted octanol–water partition coefficient (Wildman–Crippen LogP) is 4.98. The second-order valence-electron chi connectivity index (χ2n) is 10.2. The number of benzene rings is 4. The van der Waals surface area contributed by atoms with Gasteiger partial charge in [0.05, 0.1) is 27.9 Å². The van der Waals surface area contributed by atoms with E-state index in [9.17, 15) is 16.8 Å². The van der Waals surface area contributed by atoms with Crippen LogP contribution >= 0.6 is 0 Å². The van der Waals surface area contributed by atoms with Crippen molar-refractivity contribution in [3.05, 3.63) is 114 Å². The smallest absolute Gasteiger partial charge is 0.261 e. The number of sulfonamides is 2. The zero-order chi connectivity index (χ0) is 29.4. The molecular weight excluding hydrogens is 576 g/mol. The van der Waals surface area contributed by atoms with Crippen LogP contribution in [-0.4, -0.2) is 47.1 Å². The van der Waals surface area contributed by atoms with E-state index in [1.807, 2.05) is 30.3 Å². The normalized spacial score (nSPS) is 20.3. The van der Waals surface area contributed by atoms with Gasteiger partial charge < -0.3 is 14.2 Å². The summed E-state index contributed by atoms with van der Waals surface area (Å²) >= 11 is 0. The number of methoxy groups -OCH3 is 1. The van der Waals surface area contributed by atoms with E-state index in [1.54, 1.807) is 60.7 Å². The average molecular weight is 607 g/mol. The Morgan fingerprint density at radius 1 is 0.881 bits per heavy atom. The van der Waals surface area contributed by atoms with E-state index < -0.39 is 25.8 Å². The molecule has 0 aromatic heterocycles. The lowest BCUT2D eigenvalue weighted by Crippen LogP contribution is -2.56. The minimum atomic E-state index is -3.89. The van der Waals surface area contributed by atoms with E-state index in [-0.39, 0.29) is 35.4 Å². The van der Waals surface area contributed by atoms with Crippen LogP contribution in [-0.2, 0) is 31.4 Å². The summed E-state index contributed by atoms with van der Waals surface area (Å²) in [5.41, 5.74) is 1.90. The summed E-state index contributed by atoms with van der Waals surface area (Å²) < 4.78 is 76.1. The first kappa shape index (κ1) is 28.2. The number of nitrogens with one attached hydrogen (secondary N) is 1. The third-order valence-corrected chi connectivity index (χ3v) is 10.9. The van der Waals surface area contributed by atoms with E-state index in [2.05, 4.69) is 4.72 Å². The molecule has 1 saturated heterocycles. The Morgan fingerprint density at radius 3 is 2.14 bits per heavy atom. The number of rotatable bonds is 9. The molecule has 0 spiro atoms.